The first kappa shape index (κ1) is 10.7. The second kappa shape index (κ2) is 4.74. The van der Waals surface area contributed by atoms with Crippen LogP contribution < -0.4 is 5.90 Å². The summed E-state index contributed by atoms with van der Waals surface area (Å²) in [4.78, 5) is 15.8. The highest BCUT2D eigenvalue weighted by atomic mass is 16.6. The van der Waals surface area contributed by atoms with Gasteiger partial charge in [0.25, 0.3) is 0 Å². The Bertz CT molecular complexity index is 325. The zero-order valence-electron chi connectivity index (χ0n) is 8.19. The summed E-state index contributed by atoms with van der Waals surface area (Å²) >= 11 is 0. The summed E-state index contributed by atoms with van der Waals surface area (Å²) in [5.41, 5.74) is 1.34. The van der Waals surface area contributed by atoms with Crippen molar-refractivity contribution in [3.8, 4) is 0 Å². The van der Waals surface area contributed by atoms with E-state index in [9.17, 15) is 4.79 Å². The highest BCUT2D eigenvalue weighted by Gasteiger charge is 2.09. The van der Waals surface area contributed by atoms with Gasteiger partial charge in [-0.05, 0) is 24.6 Å². The number of carbonyl (C=O) groups is 1. The fraction of sp³-hybridized carbons (Fsp3) is 0.300. The van der Waals surface area contributed by atoms with Crippen molar-refractivity contribution in [3.63, 3.8) is 0 Å². The van der Waals surface area contributed by atoms with Gasteiger partial charge in [0, 0.05) is 0 Å². The minimum absolute atomic E-state index is 0.236. The molecule has 0 radical (unpaired) electrons. The van der Waals surface area contributed by atoms with Gasteiger partial charge >= 0.3 is 5.97 Å². The van der Waals surface area contributed by atoms with Gasteiger partial charge in [0.2, 0.25) is 0 Å². The molecule has 4 heteroatoms. The van der Waals surface area contributed by atoms with Gasteiger partial charge in [-0.1, -0.05) is 12.1 Å². The van der Waals surface area contributed by atoms with Crippen LogP contribution >= 0.6 is 0 Å². The van der Waals surface area contributed by atoms with Gasteiger partial charge in [-0.2, -0.15) is 0 Å². The lowest BCUT2D eigenvalue weighted by Crippen LogP contribution is -2.07. The van der Waals surface area contributed by atoms with Gasteiger partial charge in [-0.25, -0.2) is 10.7 Å². The van der Waals surface area contributed by atoms with E-state index < -0.39 is 0 Å². The first-order valence-corrected chi connectivity index (χ1v) is 4.23. The second-order valence-corrected chi connectivity index (χ2v) is 2.90. The number of benzene rings is 1. The van der Waals surface area contributed by atoms with Gasteiger partial charge in [0.1, 0.15) is 6.10 Å². The molecule has 1 unspecified atom stereocenters. The summed E-state index contributed by atoms with van der Waals surface area (Å²) < 4.78 is 4.59. The number of hydrogen-bond acceptors (Lipinski definition) is 4. The predicted molar refractivity (Wildman–Crippen MR) is 51.5 cm³/mol. The number of esters is 1. The Balaban J connectivity index is 2.95. The van der Waals surface area contributed by atoms with Crippen LogP contribution in [0.15, 0.2) is 24.3 Å². The van der Waals surface area contributed by atoms with E-state index in [1.54, 1.807) is 25.1 Å². The number of nitrogens with two attached hydrogens (primary N) is 1. The van der Waals surface area contributed by atoms with Gasteiger partial charge in [-0.15, -0.1) is 0 Å². The molecule has 1 atom stereocenters. The van der Waals surface area contributed by atoms with Crippen LogP contribution in [-0.2, 0) is 9.57 Å². The normalized spacial score (nSPS) is 12.2. The van der Waals surface area contributed by atoms with Gasteiger partial charge in [-0.3, -0.25) is 4.84 Å². The number of methoxy groups -OCH3 is 1. The maximum absolute atomic E-state index is 11.2. The Morgan fingerprint density at radius 2 is 2.21 bits per heavy atom. The lowest BCUT2D eigenvalue weighted by molar-refractivity contribution is 0.0595. The Labute approximate surface area is 82.6 Å². The van der Waals surface area contributed by atoms with Crippen molar-refractivity contribution in [2.45, 2.75) is 13.0 Å². The van der Waals surface area contributed by atoms with Crippen molar-refractivity contribution in [2.75, 3.05) is 7.11 Å². The molecule has 0 aliphatic rings. The van der Waals surface area contributed by atoms with Crippen LogP contribution in [0.1, 0.15) is 28.9 Å². The fourth-order valence-electron chi connectivity index (χ4n) is 1.11. The average Bonchev–Trinajstić information content (AvgIpc) is 2.27. The number of rotatable bonds is 3. The molecule has 1 aromatic carbocycles. The van der Waals surface area contributed by atoms with Crippen molar-refractivity contribution in [1.29, 1.82) is 0 Å². The van der Waals surface area contributed by atoms with E-state index in [1.807, 2.05) is 6.07 Å². The molecule has 0 heterocycles. The first-order valence-electron chi connectivity index (χ1n) is 4.23. The maximum atomic E-state index is 11.2. The molecule has 76 valence electrons. The van der Waals surface area contributed by atoms with Crippen LogP contribution in [0.5, 0.6) is 0 Å². The van der Waals surface area contributed by atoms with Crippen LogP contribution in [-0.4, -0.2) is 13.1 Å². The molecule has 0 saturated heterocycles. The summed E-state index contributed by atoms with van der Waals surface area (Å²) in [7, 11) is 1.35. The predicted octanol–water partition coefficient (Wildman–Crippen LogP) is 1.42. The highest BCUT2D eigenvalue weighted by molar-refractivity contribution is 5.89. The summed E-state index contributed by atoms with van der Waals surface area (Å²) in [6.07, 6.45) is -0.236. The molecular weight excluding hydrogens is 182 g/mol. The number of hydrogen-bond donors (Lipinski definition) is 1. The summed E-state index contributed by atoms with van der Waals surface area (Å²) in [6.45, 7) is 1.80. The first-order chi connectivity index (χ1) is 6.69. The quantitative estimate of drug-likeness (QED) is 0.585. The molecule has 0 aliphatic carbocycles. The van der Waals surface area contributed by atoms with E-state index >= 15 is 0 Å². The van der Waals surface area contributed by atoms with E-state index in [0.29, 0.717) is 5.56 Å². The minimum atomic E-state index is -0.365. The molecule has 0 spiro atoms. The second-order valence-electron chi connectivity index (χ2n) is 2.90. The SMILES string of the molecule is COC(=O)c1cccc(C(C)ON)c1. The molecule has 0 amide bonds. The third-order valence-electron chi connectivity index (χ3n) is 1.98. The Hall–Kier alpha value is -1.39. The number of ether oxygens (including phenoxy) is 1. The third-order valence-corrected chi connectivity index (χ3v) is 1.98. The summed E-state index contributed by atoms with van der Waals surface area (Å²) in [6, 6.07) is 6.98. The molecule has 2 N–H and O–H groups in total. The van der Waals surface area contributed by atoms with Crippen LogP contribution in [0.2, 0.25) is 0 Å². The zero-order valence-corrected chi connectivity index (χ0v) is 8.19. The van der Waals surface area contributed by atoms with E-state index in [0.717, 1.165) is 5.56 Å². The van der Waals surface area contributed by atoms with Crippen LogP contribution in [0.25, 0.3) is 0 Å². The van der Waals surface area contributed by atoms with Crippen molar-refractivity contribution in [1.82, 2.24) is 0 Å². The zero-order chi connectivity index (χ0) is 10.6. The molecule has 0 aliphatic heterocycles. The van der Waals surface area contributed by atoms with Crippen molar-refractivity contribution < 1.29 is 14.4 Å². The largest absolute Gasteiger partial charge is 0.465 e. The topological polar surface area (TPSA) is 61.5 Å². The molecule has 14 heavy (non-hydrogen) atoms. The molecule has 0 fully saturated rings. The molecule has 4 nitrogen and oxygen atoms in total. The molecular formula is C10H13NO3. The van der Waals surface area contributed by atoms with E-state index in [2.05, 4.69) is 9.57 Å². The average molecular weight is 195 g/mol. The molecule has 0 bridgehead atoms. The summed E-state index contributed by atoms with van der Waals surface area (Å²) in [5, 5.41) is 0. The molecule has 0 saturated carbocycles. The molecule has 1 aromatic rings. The maximum Gasteiger partial charge on any atom is 0.337 e. The van der Waals surface area contributed by atoms with Gasteiger partial charge in [0.15, 0.2) is 0 Å². The van der Waals surface area contributed by atoms with Crippen molar-refractivity contribution >= 4 is 5.97 Å². The minimum Gasteiger partial charge on any atom is -0.465 e. The summed E-state index contributed by atoms with van der Waals surface area (Å²) in [5.74, 6) is 4.68. The third kappa shape index (κ3) is 2.31. The molecule has 1 rings (SSSR count). The Morgan fingerprint density at radius 1 is 1.50 bits per heavy atom. The van der Waals surface area contributed by atoms with Gasteiger partial charge in [0.05, 0.1) is 12.7 Å². The smallest absolute Gasteiger partial charge is 0.337 e. The van der Waals surface area contributed by atoms with E-state index in [1.165, 1.54) is 7.11 Å². The van der Waals surface area contributed by atoms with Crippen molar-refractivity contribution in [3.05, 3.63) is 35.4 Å². The van der Waals surface area contributed by atoms with Gasteiger partial charge < -0.3 is 4.74 Å². The van der Waals surface area contributed by atoms with E-state index in [4.69, 9.17) is 5.90 Å². The van der Waals surface area contributed by atoms with E-state index in [-0.39, 0.29) is 12.1 Å². The molecule has 0 aromatic heterocycles. The standard InChI is InChI=1S/C10H13NO3/c1-7(14-11)8-4-3-5-9(6-8)10(12)13-2/h3-7H,11H2,1-2H3. The Kier molecular flexibility index (Phi) is 3.62. The lowest BCUT2D eigenvalue weighted by Gasteiger charge is -2.09. The van der Waals surface area contributed by atoms with Crippen molar-refractivity contribution in [2.24, 2.45) is 5.90 Å². The highest BCUT2D eigenvalue weighted by Crippen LogP contribution is 2.16. The lowest BCUT2D eigenvalue weighted by atomic mass is 10.1. The van der Waals surface area contributed by atoms with Crippen LogP contribution in [0, 0.1) is 0 Å². The fourth-order valence-corrected chi connectivity index (χ4v) is 1.11. The Morgan fingerprint density at radius 3 is 2.79 bits per heavy atom. The number of carbonyl (C=O) groups excluding carboxylic acids is 1. The van der Waals surface area contributed by atoms with Crippen LogP contribution in [0.4, 0.5) is 0 Å². The van der Waals surface area contributed by atoms with Crippen LogP contribution in [0.3, 0.4) is 0 Å². The monoisotopic (exact) mass is 195 g/mol.